The number of hydrogen-bond acceptors (Lipinski definition) is 3. The van der Waals surface area contributed by atoms with Crippen molar-refractivity contribution in [2.45, 2.75) is 6.54 Å². The number of halogens is 1. The van der Waals surface area contributed by atoms with E-state index in [1.807, 2.05) is 47.0 Å². The van der Waals surface area contributed by atoms with Gasteiger partial charge in [-0.25, -0.2) is 0 Å². The normalized spacial score (nSPS) is 12.0. The first-order chi connectivity index (χ1) is 11.2. The Morgan fingerprint density at radius 2 is 2.09 bits per heavy atom. The minimum absolute atomic E-state index is 0.221. The maximum Gasteiger partial charge on any atom is 0.279 e. The van der Waals surface area contributed by atoms with Crippen LogP contribution in [-0.2, 0) is 11.3 Å². The number of thiazole rings is 1. The van der Waals surface area contributed by atoms with Crippen LogP contribution in [0.1, 0.15) is 10.4 Å². The van der Waals surface area contributed by atoms with E-state index in [2.05, 4.69) is 27.6 Å². The molecular weight excluding hydrogens is 423 g/mol. The van der Waals surface area contributed by atoms with Crippen LogP contribution < -0.4 is 4.80 Å². The van der Waals surface area contributed by atoms with Gasteiger partial charge < -0.3 is 9.30 Å². The standard InChI is InChI=1S/C17H15IN2O2S/c1-22-10-9-20-14-7-2-3-8-15(14)23-17(20)19-16(21)12-5-4-6-13(18)11-12/h2-8,11H,9-10H2,1H3/b19-17-. The lowest BCUT2D eigenvalue weighted by molar-refractivity contribution is 0.0997. The molecule has 0 N–H and O–H groups in total. The number of benzene rings is 2. The van der Waals surface area contributed by atoms with E-state index in [0.29, 0.717) is 23.5 Å². The first-order valence-corrected chi connectivity index (χ1v) is 9.00. The van der Waals surface area contributed by atoms with Crippen LogP contribution in [0.25, 0.3) is 10.2 Å². The van der Waals surface area contributed by atoms with E-state index in [1.54, 1.807) is 13.2 Å². The van der Waals surface area contributed by atoms with Crippen molar-refractivity contribution in [1.82, 2.24) is 4.57 Å². The lowest BCUT2D eigenvalue weighted by Gasteiger charge is -2.04. The molecular formula is C17H15IN2O2S. The number of hydrogen-bond donors (Lipinski definition) is 0. The first-order valence-electron chi connectivity index (χ1n) is 7.11. The highest BCUT2D eigenvalue weighted by Gasteiger charge is 2.09. The summed E-state index contributed by atoms with van der Waals surface area (Å²) in [6, 6.07) is 15.5. The van der Waals surface area contributed by atoms with Gasteiger partial charge in [0.1, 0.15) is 0 Å². The van der Waals surface area contributed by atoms with Crippen molar-refractivity contribution >= 4 is 50.1 Å². The fourth-order valence-electron chi connectivity index (χ4n) is 2.28. The molecule has 0 spiro atoms. The van der Waals surface area contributed by atoms with Gasteiger partial charge in [-0.1, -0.05) is 29.5 Å². The Balaban J connectivity index is 2.08. The third-order valence-electron chi connectivity index (χ3n) is 3.38. The fourth-order valence-corrected chi connectivity index (χ4v) is 3.88. The van der Waals surface area contributed by atoms with Gasteiger partial charge in [0.05, 0.1) is 16.8 Å². The zero-order chi connectivity index (χ0) is 16.2. The predicted molar refractivity (Wildman–Crippen MR) is 101 cm³/mol. The van der Waals surface area contributed by atoms with E-state index in [4.69, 9.17) is 4.74 Å². The Bertz CT molecular complexity index is 914. The number of carbonyl (C=O) groups excluding carboxylic acids is 1. The molecule has 3 aromatic rings. The molecule has 0 atom stereocenters. The molecule has 0 unspecified atom stereocenters. The summed E-state index contributed by atoms with van der Waals surface area (Å²) in [5.41, 5.74) is 1.68. The number of ether oxygens (including phenoxy) is 1. The molecule has 0 radical (unpaired) electrons. The SMILES string of the molecule is COCCn1/c(=N/C(=O)c2cccc(I)c2)sc2ccccc21. The van der Waals surface area contributed by atoms with Crippen molar-refractivity contribution in [2.75, 3.05) is 13.7 Å². The molecule has 0 aliphatic heterocycles. The van der Waals surface area contributed by atoms with Gasteiger partial charge in [-0.3, -0.25) is 4.79 Å². The molecule has 3 rings (SSSR count). The smallest absolute Gasteiger partial charge is 0.279 e. The number of amides is 1. The van der Waals surface area contributed by atoms with Gasteiger partial charge in [-0.2, -0.15) is 4.99 Å². The lowest BCUT2D eigenvalue weighted by atomic mass is 10.2. The molecule has 1 aromatic heterocycles. The van der Waals surface area contributed by atoms with E-state index in [1.165, 1.54) is 11.3 Å². The van der Waals surface area contributed by atoms with Crippen molar-refractivity contribution in [3.8, 4) is 0 Å². The van der Waals surface area contributed by atoms with Crippen LogP contribution in [0.3, 0.4) is 0 Å². The van der Waals surface area contributed by atoms with Crippen molar-refractivity contribution in [3.05, 3.63) is 62.5 Å². The summed E-state index contributed by atoms with van der Waals surface area (Å²) in [5, 5.41) is 0. The summed E-state index contributed by atoms with van der Waals surface area (Å²) in [6.07, 6.45) is 0. The molecule has 4 nitrogen and oxygen atoms in total. The summed E-state index contributed by atoms with van der Waals surface area (Å²) in [5.74, 6) is -0.221. The maximum absolute atomic E-state index is 12.5. The molecule has 0 bridgehead atoms. The topological polar surface area (TPSA) is 43.6 Å². The Kier molecular flexibility index (Phi) is 5.24. The van der Waals surface area contributed by atoms with Crippen molar-refractivity contribution in [2.24, 2.45) is 4.99 Å². The molecule has 0 saturated carbocycles. The van der Waals surface area contributed by atoms with E-state index in [-0.39, 0.29) is 5.91 Å². The molecule has 0 aliphatic carbocycles. The van der Waals surface area contributed by atoms with Crippen LogP contribution in [0.5, 0.6) is 0 Å². The predicted octanol–water partition coefficient (Wildman–Crippen LogP) is 3.69. The molecule has 1 amide bonds. The van der Waals surface area contributed by atoms with E-state index in [9.17, 15) is 4.79 Å². The second-order valence-corrected chi connectivity index (χ2v) is 7.18. The van der Waals surface area contributed by atoms with Gasteiger partial charge in [-0.15, -0.1) is 0 Å². The second kappa shape index (κ2) is 7.37. The molecule has 6 heteroatoms. The number of nitrogens with zero attached hydrogens (tertiary/aromatic N) is 2. The maximum atomic E-state index is 12.5. The van der Waals surface area contributed by atoms with Crippen LogP contribution in [-0.4, -0.2) is 24.2 Å². The van der Waals surface area contributed by atoms with Crippen LogP contribution in [0.15, 0.2) is 53.5 Å². The largest absolute Gasteiger partial charge is 0.383 e. The monoisotopic (exact) mass is 438 g/mol. The molecule has 23 heavy (non-hydrogen) atoms. The van der Waals surface area contributed by atoms with Crippen LogP contribution in [0.2, 0.25) is 0 Å². The average Bonchev–Trinajstić information content (AvgIpc) is 2.90. The summed E-state index contributed by atoms with van der Waals surface area (Å²) >= 11 is 3.71. The number of fused-ring (bicyclic) bond motifs is 1. The second-order valence-electron chi connectivity index (χ2n) is 4.92. The number of para-hydroxylation sites is 1. The number of methoxy groups -OCH3 is 1. The highest BCUT2D eigenvalue weighted by atomic mass is 127. The zero-order valence-corrected chi connectivity index (χ0v) is 15.5. The Labute approximate surface area is 151 Å². The van der Waals surface area contributed by atoms with Crippen molar-refractivity contribution < 1.29 is 9.53 Å². The van der Waals surface area contributed by atoms with Crippen LogP contribution in [0, 0.1) is 3.57 Å². The third-order valence-corrected chi connectivity index (χ3v) is 5.11. The zero-order valence-electron chi connectivity index (χ0n) is 12.5. The van der Waals surface area contributed by atoms with Gasteiger partial charge >= 0.3 is 0 Å². The fraction of sp³-hybridized carbons (Fsp3) is 0.176. The van der Waals surface area contributed by atoms with Gasteiger partial charge in [-0.05, 0) is 52.9 Å². The van der Waals surface area contributed by atoms with E-state index in [0.717, 1.165) is 13.8 Å². The molecule has 118 valence electrons. The van der Waals surface area contributed by atoms with Crippen molar-refractivity contribution in [3.63, 3.8) is 0 Å². The molecule has 0 aliphatic rings. The minimum atomic E-state index is -0.221. The van der Waals surface area contributed by atoms with E-state index >= 15 is 0 Å². The third kappa shape index (κ3) is 3.70. The summed E-state index contributed by atoms with van der Waals surface area (Å²) in [6.45, 7) is 1.24. The minimum Gasteiger partial charge on any atom is -0.383 e. The highest BCUT2D eigenvalue weighted by molar-refractivity contribution is 14.1. The number of carbonyl (C=O) groups is 1. The lowest BCUT2D eigenvalue weighted by Crippen LogP contribution is -2.19. The number of rotatable bonds is 4. The Hall–Kier alpha value is -1.51. The highest BCUT2D eigenvalue weighted by Crippen LogP contribution is 2.17. The number of aromatic nitrogens is 1. The summed E-state index contributed by atoms with van der Waals surface area (Å²) < 4.78 is 9.35. The Morgan fingerprint density at radius 1 is 1.26 bits per heavy atom. The van der Waals surface area contributed by atoms with Crippen LogP contribution >= 0.6 is 33.9 Å². The van der Waals surface area contributed by atoms with Gasteiger partial charge in [0.25, 0.3) is 5.91 Å². The van der Waals surface area contributed by atoms with Crippen LogP contribution in [0.4, 0.5) is 0 Å². The van der Waals surface area contributed by atoms with E-state index < -0.39 is 0 Å². The van der Waals surface area contributed by atoms with Gasteiger partial charge in [0, 0.05) is 22.8 Å². The van der Waals surface area contributed by atoms with Gasteiger partial charge in [0.2, 0.25) is 0 Å². The quantitative estimate of drug-likeness (QED) is 0.584. The molecule has 2 aromatic carbocycles. The molecule has 0 fully saturated rings. The summed E-state index contributed by atoms with van der Waals surface area (Å²) in [4.78, 5) is 17.5. The summed E-state index contributed by atoms with van der Waals surface area (Å²) in [7, 11) is 1.67. The first kappa shape index (κ1) is 16.4. The van der Waals surface area contributed by atoms with Gasteiger partial charge in [0.15, 0.2) is 4.80 Å². The molecule has 1 heterocycles. The average molecular weight is 438 g/mol. The van der Waals surface area contributed by atoms with Crippen molar-refractivity contribution in [1.29, 1.82) is 0 Å². The Morgan fingerprint density at radius 3 is 2.87 bits per heavy atom. The molecule has 0 saturated heterocycles.